The number of methoxy groups -OCH3 is 1. The number of benzene rings is 2. The number of allylic oxidation sites excluding steroid dienone is 2. The van der Waals surface area contributed by atoms with E-state index in [0.717, 1.165) is 31.5 Å². The van der Waals surface area contributed by atoms with Crippen molar-refractivity contribution in [1.82, 2.24) is 10.2 Å². The van der Waals surface area contributed by atoms with Gasteiger partial charge < -0.3 is 14.8 Å². The Morgan fingerprint density at radius 1 is 1.00 bits per heavy atom. The molecule has 2 aromatic rings. The standard InChI is InChI=1S/C29H33N3O6/c1-19-25(28(33)37-3)27(22-13-10-14-23(17-22)32(35)36)26(20(2)30-19)29(34)38-24(21-11-6-4-7-12-21)18-31-15-8-5-9-16-31/h4,6-7,10-14,17,24,27,30H,5,8-9,15-16,18H2,1-3H3/t24-,27-/m1/s1. The van der Waals surface area contributed by atoms with Crippen LogP contribution in [0.25, 0.3) is 0 Å². The molecule has 2 heterocycles. The fraction of sp³-hybridized carbons (Fsp3) is 0.379. The Morgan fingerprint density at radius 2 is 1.66 bits per heavy atom. The molecule has 9 heteroatoms. The average molecular weight is 520 g/mol. The van der Waals surface area contributed by atoms with E-state index < -0.39 is 28.9 Å². The van der Waals surface area contributed by atoms with Gasteiger partial charge in [0.1, 0.15) is 6.10 Å². The molecule has 2 aliphatic heterocycles. The Balaban J connectivity index is 1.74. The maximum atomic E-state index is 14.0. The minimum absolute atomic E-state index is 0.138. The molecular formula is C29H33N3O6. The van der Waals surface area contributed by atoms with E-state index >= 15 is 0 Å². The number of carbonyl (C=O) groups excluding carboxylic acids is 2. The Hall–Kier alpha value is -3.98. The lowest BCUT2D eigenvalue weighted by atomic mass is 9.80. The highest BCUT2D eigenvalue weighted by Gasteiger charge is 2.39. The van der Waals surface area contributed by atoms with Crippen LogP contribution in [0.2, 0.25) is 0 Å². The molecule has 0 spiro atoms. The number of likely N-dealkylation sites (tertiary alicyclic amines) is 1. The van der Waals surface area contributed by atoms with E-state index in [0.29, 0.717) is 23.5 Å². The molecule has 9 nitrogen and oxygen atoms in total. The highest BCUT2D eigenvalue weighted by molar-refractivity contribution is 6.00. The summed E-state index contributed by atoms with van der Waals surface area (Å²) in [6.45, 7) is 5.88. The predicted octanol–water partition coefficient (Wildman–Crippen LogP) is 4.77. The van der Waals surface area contributed by atoms with Gasteiger partial charge in [0.25, 0.3) is 5.69 Å². The number of esters is 2. The van der Waals surface area contributed by atoms with Crippen molar-refractivity contribution in [1.29, 1.82) is 0 Å². The molecule has 0 amide bonds. The van der Waals surface area contributed by atoms with Gasteiger partial charge in [0, 0.05) is 30.1 Å². The Morgan fingerprint density at radius 3 is 2.29 bits per heavy atom. The molecule has 1 fully saturated rings. The van der Waals surface area contributed by atoms with E-state index in [2.05, 4.69) is 10.2 Å². The fourth-order valence-electron chi connectivity index (χ4n) is 5.24. The lowest BCUT2D eigenvalue weighted by molar-refractivity contribution is -0.384. The topological polar surface area (TPSA) is 111 Å². The highest BCUT2D eigenvalue weighted by Crippen LogP contribution is 2.40. The van der Waals surface area contributed by atoms with Gasteiger partial charge in [0.05, 0.1) is 29.1 Å². The summed E-state index contributed by atoms with van der Waals surface area (Å²) in [6, 6.07) is 15.6. The van der Waals surface area contributed by atoms with Crippen molar-refractivity contribution in [3.8, 4) is 0 Å². The number of dihydropyridines is 1. The molecule has 1 N–H and O–H groups in total. The van der Waals surface area contributed by atoms with Crippen LogP contribution in [0.1, 0.15) is 56.3 Å². The van der Waals surface area contributed by atoms with Gasteiger partial charge >= 0.3 is 11.9 Å². The predicted molar refractivity (Wildman–Crippen MR) is 142 cm³/mol. The van der Waals surface area contributed by atoms with Crippen molar-refractivity contribution in [3.63, 3.8) is 0 Å². The molecule has 0 unspecified atom stereocenters. The van der Waals surface area contributed by atoms with E-state index in [-0.39, 0.29) is 16.8 Å². The van der Waals surface area contributed by atoms with Crippen LogP contribution in [-0.4, -0.2) is 48.5 Å². The maximum absolute atomic E-state index is 14.0. The van der Waals surface area contributed by atoms with E-state index in [4.69, 9.17) is 9.47 Å². The van der Waals surface area contributed by atoms with Crippen LogP contribution in [-0.2, 0) is 19.1 Å². The number of nitrogens with zero attached hydrogens (tertiary/aromatic N) is 2. The second kappa shape index (κ2) is 12.0. The second-order valence-corrected chi connectivity index (χ2v) is 9.64. The Bertz CT molecular complexity index is 1260. The van der Waals surface area contributed by atoms with Crippen molar-refractivity contribution in [3.05, 3.63) is 98.4 Å². The first-order chi connectivity index (χ1) is 18.3. The molecule has 0 saturated carbocycles. The molecule has 0 bridgehead atoms. The molecule has 0 aliphatic carbocycles. The second-order valence-electron chi connectivity index (χ2n) is 9.64. The van der Waals surface area contributed by atoms with Crippen molar-refractivity contribution in [2.45, 2.75) is 45.1 Å². The first-order valence-corrected chi connectivity index (χ1v) is 12.8. The summed E-state index contributed by atoms with van der Waals surface area (Å²) in [7, 11) is 1.26. The Labute approximate surface area is 222 Å². The zero-order chi connectivity index (χ0) is 27.2. The minimum atomic E-state index is -0.900. The van der Waals surface area contributed by atoms with E-state index in [9.17, 15) is 19.7 Å². The molecule has 2 aliphatic rings. The summed E-state index contributed by atoms with van der Waals surface area (Å²) >= 11 is 0. The number of nitro benzene ring substituents is 1. The number of piperidine rings is 1. The summed E-state index contributed by atoms with van der Waals surface area (Å²) < 4.78 is 11.2. The number of carbonyl (C=O) groups is 2. The van der Waals surface area contributed by atoms with Crippen LogP contribution < -0.4 is 5.32 Å². The largest absolute Gasteiger partial charge is 0.466 e. The molecule has 2 aromatic carbocycles. The molecule has 0 aromatic heterocycles. The number of ether oxygens (including phenoxy) is 2. The summed E-state index contributed by atoms with van der Waals surface area (Å²) in [5.41, 5.74) is 2.62. The number of hydrogen-bond donors (Lipinski definition) is 1. The number of nitrogens with one attached hydrogen (secondary N) is 1. The fourth-order valence-corrected chi connectivity index (χ4v) is 5.24. The number of nitro groups is 1. The molecule has 38 heavy (non-hydrogen) atoms. The molecule has 200 valence electrons. The Kier molecular flexibility index (Phi) is 8.58. The lowest BCUT2D eigenvalue weighted by Gasteiger charge is -2.33. The smallest absolute Gasteiger partial charge is 0.337 e. The van der Waals surface area contributed by atoms with Crippen molar-refractivity contribution < 1.29 is 24.0 Å². The molecule has 0 radical (unpaired) electrons. The van der Waals surface area contributed by atoms with Crippen molar-refractivity contribution in [2.24, 2.45) is 0 Å². The van der Waals surface area contributed by atoms with Gasteiger partial charge in [-0.2, -0.15) is 0 Å². The van der Waals surface area contributed by atoms with Gasteiger partial charge in [-0.3, -0.25) is 15.0 Å². The third-order valence-electron chi connectivity index (χ3n) is 7.09. The van der Waals surface area contributed by atoms with Gasteiger partial charge in [0.2, 0.25) is 0 Å². The van der Waals surface area contributed by atoms with Crippen LogP contribution in [0.15, 0.2) is 77.1 Å². The normalized spacial score (nSPS) is 19.0. The summed E-state index contributed by atoms with van der Waals surface area (Å²) in [5.74, 6) is -2.12. The summed E-state index contributed by atoms with van der Waals surface area (Å²) in [5, 5.41) is 14.6. The van der Waals surface area contributed by atoms with E-state index in [1.807, 2.05) is 30.3 Å². The molecular weight excluding hydrogens is 486 g/mol. The third kappa shape index (κ3) is 5.94. The first-order valence-electron chi connectivity index (χ1n) is 12.8. The molecule has 4 rings (SSSR count). The highest BCUT2D eigenvalue weighted by atomic mass is 16.6. The van der Waals surface area contributed by atoms with Crippen LogP contribution in [0.3, 0.4) is 0 Å². The zero-order valence-electron chi connectivity index (χ0n) is 21.9. The monoisotopic (exact) mass is 519 g/mol. The van der Waals surface area contributed by atoms with Gasteiger partial charge in [-0.25, -0.2) is 9.59 Å². The summed E-state index contributed by atoms with van der Waals surface area (Å²) in [4.78, 5) is 40.2. The van der Waals surface area contributed by atoms with Crippen LogP contribution in [0.5, 0.6) is 0 Å². The van der Waals surface area contributed by atoms with Crippen molar-refractivity contribution >= 4 is 17.6 Å². The van der Waals surface area contributed by atoms with Crippen LogP contribution in [0.4, 0.5) is 5.69 Å². The SMILES string of the molecule is COC(=O)C1=C(C)NC(C)=C(C(=O)O[C@H](CN2CCCCC2)c2ccccc2)[C@@H]1c1cccc([N+](=O)[O-])c1. The van der Waals surface area contributed by atoms with Gasteiger partial charge in [-0.1, -0.05) is 48.9 Å². The third-order valence-corrected chi connectivity index (χ3v) is 7.09. The van der Waals surface area contributed by atoms with Gasteiger partial charge in [-0.05, 0) is 50.9 Å². The minimum Gasteiger partial charge on any atom is -0.466 e. The van der Waals surface area contributed by atoms with Gasteiger partial charge in [0.15, 0.2) is 0 Å². The number of rotatable bonds is 8. The van der Waals surface area contributed by atoms with Crippen molar-refractivity contribution in [2.75, 3.05) is 26.7 Å². The number of non-ortho nitro benzene ring substituents is 1. The quantitative estimate of drug-likeness (QED) is 0.302. The van der Waals surface area contributed by atoms with Gasteiger partial charge in [-0.15, -0.1) is 0 Å². The zero-order valence-corrected chi connectivity index (χ0v) is 21.9. The van der Waals surface area contributed by atoms with E-state index in [1.54, 1.807) is 26.0 Å². The average Bonchev–Trinajstić information content (AvgIpc) is 2.93. The maximum Gasteiger partial charge on any atom is 0.337 e. The lowest BCUT2D eigenvalue weighted by Crippen LogP contribution is -2.36. The molecule has 1 saturated heterocycles. The van der Waals surface area contributed by atoms with E-state index in [1.165, 1.54) is 25.7 Å². The van der Waals surface area contributed by atoms with Crippen LogP contribution in [0, 0.1) is 10.1 Å². The molecule has 2 atom stereocenters. The van der Waals surface area contributed by atoms with Crippen LogP contribution >= 0.6 is 0 Å². The summed E-state index contributed by atoms with van der Waals surface area (Å²) in [6.07, 6.45) is 2.87. The number of hydrogen-bond acceptors (Lipinski definition) is 8. The first kappa shape index (κ1) is 27.1.